The Labute approximate surface area is 134 Å². The summed E-state index contributed by atoms with van der Waals surface area (Å²) < 4.78 is 45.4. The van der Waals surface area contributed by atoms with Gasteiger partial charge in [-0.05, 0) is 17.7 Å². The summed E-state index contributed by atoms with van der Waals surface area (Å²) in [5.74, 6) is -0.838. The number of methoxy groups -OCH3 is 1. The zero-order valence-corrected chi connectivity index (χ0v) is 12.5. The molecule has 2 aromatic carbocycles. The lowest BCUT2D eigenvalue weighted by atomic mass is 9.90. The second kappa shape index (κ2) is 4.97. The molecule has 7 heteroatoms. The molecule has 0 heterocycles. The van der Waals surface area contributed by atoms with Gasteiger partial charge in [-0.1, -0.05) is 35.9 Å². The fourth-order valence-corrected chi connectivity index (χ4v) is 3.19. The average molecular weight is 343 g/mol. The van der Waals surface area contributed by atoms with Gasteiger partial charge in [-0.15, -0.1) is 0 Å². The first kappa shape index (κ1) is 15.8. The molecular weight excluding hydrogens is 333 g/mol. The maximum Gasteiger partial charge on any atom is 0.425 e. The topological polar surface area (TPSA) is 46.5 Å². The molecule has 23 heavy (non-hydrogen) atoms. The van der Waals surface area contributed by atoms with Crippen LogP contribution < -0.4 is 0 Å². The van der Waals surface area contributed by atoms with E-state index in [4.69, 9.17) is 11.6 Å². The van der Waals surface area contributed by atoms with Crippen LogP contribution in [0.5, 0.6) is 0 Å². The second-order valence-corrected chi connectivity index (χ2v) is 5.53. The maximum atomic E-state index is 13.6. The van der Waals surface area contributed by atoms with Crippen molar-refractivity contribution in [3.05, 3.63) is 58.1 Å². The van der Waals surface area contributed by atoms with Crippen LogP contribution in [-0.2, 0) is 10.3 Å². The van der Waals surface area contributed by atoms with E-state index < -0.39 is 23.3 Å². The highest BCUT2D eigenvalue weighted by molar-refractivity contribution is 6.34. The lowest BCUT2D eigenvalue weighted by Gasteiger charge is -2.28. The number of hydrogen-bond donors (Lipinski definition) is 1. The molecule has 3 nitrogen and oxygen atoms in total. The van der Waals surface area contributed by atoms with Crippen LogP contribution in [0.1, 0.15) is 21.5 Å². The van der Waals surface area contributed by atoms with Crippen molar-refractivity contribution in [2.45, 2.75) is 11.8 Å². The fraction of sp³-hybridized carbons (Fsp3) is 0.188. The third kappa shape index (κ3) is 2.05. The van der Waals surface area contributed by atoms with E-state index >= 15 is 0 Å². The molecule has 0 saturated heterocycles. The van der Waals surface area contributed by atoms with Crippen molar-refractivity contribution < 1.29 is 27.8 Å². The Morgan fingerprint density at radius 2 is 1.87 bits per heavy atom. The first-order valence-electron chi connectivity index (χ1n) is 6.53. The molecule has 0 aromatic heterocycles. The highest BCUT2D eigenvalue weighted by Gasteiger charge is 2.61. The van der Waals surface area contributed by atoms with E-state index in [0.717, 1.165) is 13.2 Å². The summed E-state index contributed by atoms with van der Waals surface area (Å²) in [6.45, 7) is 0. The highest BCUT2D eigenvalue weighted by atomic mass is 35.5. The van der Waals surface area contributed by atoms with E-state index in [1.165, 1.54) is 24.3 Å². The minimum Gasteiger partial charge on any atom is -0.465 e. The van der Waals surface area contributed by atoms with Gasteiger partial charge in [-0.25, -0.2) is 4.79 Å². The van der Waals surface area contributed by atoms with Gasteiger partial charge in [0, 0.05) is 21.7 Å². The van der Waals surface area contributed by atoms with E-state index in [2.05, 4.69) is 4.74 Å². The Morgan fingerprint density at radius 1 is 1.22 bits per heavy atom. The maximum absolute atomic E-state index is 13.6. The molecule has 2 aromatic rings. The van der Waals surface area contributed by atoms with Gasteiger partial charge in [0.25, 0.3) is 0 Å². The number of alkyl halides is 3. The number of benzene rings is 2. The van der Waals surface area contributed by atoms with Crippen LogP contribution in [0.2, 0.25) is 5.02 Å². The third-order valence-electron chi connectivity index (χ3n) is 3.90. The number of ether oxygens (including phenoxy) is 1. The van der Waals surface area contributed by atoms with Crippen molar-refractivity contribution in [1.29, 1.82) is 0 Å². The fourth-order valence-electron chi connectivity index (χ4n) is 2.87. The van der Waals surface area contributed by atoms with Crippen molar-refractivity contribution in [3.8, 4) is 11.1 Å². The summed E-state index contributed by atoms with van der Waals surface area (Å²) in [5.41, 5.74) is -3.93. The molecule has 1 aliphatic rings. The van der Waals surface area contributed by atoms with Gasteiger partial charge < -0.3 is 9.84 Å². The smallest absolute Gasteiger partial charge is 0.425 e. The Hall–Kier alpha value is -2.05. The van der Waals surface area contributed by atoms with E-state index in [-0.39, 0.29) is 27.3 Å². The molecular formula is C16H10ClF3O3. The van der Waals surface area contributed by atoms with E-state index in [9.17, 15) is 23.1 Å². The molecule has 0 radical (unpaired) electrons. The number of fused-ring (bicyclic) bond motifs is 3. The summed E-state index contributed by atoms with van der Waals surface area (Å²) in [7, 11) is 1.11. The Morgan fingerprint density at radius 3 is 2.48 bits per heavy atom. The average Bonchev–Trinajstić information content (AvgIpc) is 2.77. The van der Waals surface area contributed by atoms with E-state index in [0.29, 0.717) is 0 Å². The molecule has 0 saturated carbocycles. The van der Waals surface area contributed by atoms with Crippen LogP contribution in [0.15, 0.2) is 36.4 Å². The summed E-state index contributed by atoms with van der Waals surface area (Å²) in [6, 6.07) is 7.79. The summed E-state index contributed by atoms with van der Waals surface area (Å²) >= 11 is 6.09. The number of esters is 1. The third-order valence-corrected chi connectivity index (χ3v) is 4.20. The second-order valence-electron chi connectivity index (χ2n) is 5.13. The number of hydrogen-bond acceptors (Lipinski definition) is 3. The van der Waals surface area contributed by atoms with Gasteiger partial charge >= 0.3 is 12.1 Å². The van der Waals surface area contributed by atoms with Crippen LogP contribution >= 0.6 is 11.6 Å². The first-order chi connectivity index (χ1) is 10.7. The van der Waals surface area contributed by atoms with Gasteiger partial charge in [0.1, 0.15) is 0 Å². The largest absolute Gasteiger partial charge is 0.465 e. The zero-order chi connectivity index (χ0) is 17.0. The lowest BCUT2D eigenvalue weighted by Crippen LogP contribution is -2.41. The van der Waals surface area contributed by atoms with Crippen molar-refractivity contribution in [3.63, 3.8) is 0 Å². The van der Waals surface area contributed by atoms with Crippen LogP contribution in [0.4, 0.5) is 13.2 Å². The monoisotopic (exact) mass is 342 g/mol. The summed E-state index contributed by atoms with van der Waals surface area (Å²) in [4.78, 5) is 11.7. The summed E-state index contributed by atoms with van der Waals surface area (Å²) in [6.07, 6.45) is -4.98. The molecule has 3 rings (SSSR count). The van der Waals surface area contributed by atoms with E-state index in [1.54, 1.807) is 6.07 Å². The van der Waals surface area contributed by atoms with Gasteiger partial charge in [0.2, 0.25) is 5.60 Å². The predicted octanol–water partition coefficient (Wildman–Crippen LogP) is 3.91. The molecule has 0 spiro atoms. The molecule has 0 amide bonds. The standard InChI is InChI=1S/C16H10ClF3O3/c1-23-14(21)8-6-11-13(12(17)7-8)9-4-2-3-5-10(9)15(11,22)16(18,19)20/h2-7,22H,1H3. The van der Waals surface area contributed by atoms with Crippen molar-refractivity contribution in [2.24, 2.45) is 0 Å². The number of carbonyl (C=O) groups is 1. The SMILES string of the molecule is COC(=O)c1cc(Cl)c2c(c1)C(O)(C(F)(F)F)c1ccccc1-2. The molecule has 0 bridgehead atoms. The minimum atomic E-state index is -4.98. The van der Waals surface area contributed by atoms with Crippen molar-refractivity contribution in [1.82, 2.24) is 0 Å². The van der Waals surface area contributed by atoms with Crippen LogP contribution in [0.3, 0.4) is 0 Å². The highest BCUT2D eigenvalue weighted by Crippen LogP contribution is 2.56. The quantitative estimate of drug-likeness (QED) is 0.799. The van der Waals surface area contributed by atoms with Crippen LogP contribution in [-0.4, -0.2) is 24.4 Å². The number of aliphatic hydroxyl groups is 1. The molecule has 1 unspecified atom stereocenters. The van der Waals surface area contributed by atoms with Crippen LogP contribution in [0.25, 0.3) is 11.1 Å². The van der Waals surface area contributed by atoms with Crippen molar-refractivity contribution >= 4 is 17.6 Å². The number of halogens is 4. The molecule has 1 N–H and O–H groups in total. The lowest BCUT2D eigenvalue weighted by molar-refractivity contribution is -0.246. The molecule has 1 aliphatic carbocycles. The first-order valence-corrected chi connectivity index (χ1v) is 6.91. The molecule has 0 fully saturated rings. The minimum absolute atomic E-state index is 0.0597. The normalized spacial score (nSPS) is 19.2. The molecule has 1 atom stereocenters. The number of rotatable bonds is 1. The Kier molecular flexibility index (Phi) is 3.42. The van der Waals surface area contributed by atoms with Crippen molar-refractivity contribution in [2.75, 3.05) is 7.11 Å². The van der Waals surface area contributed by atoms with Crippen LogP contribution in [0, 0.1) is 0 Å². The van der Waals surface area contributed by atoms with E-state index in [1.807, 2.05) is 0 Å². The summed E-state index contributed by atoms with van der Waals surface area (Å²) in [5, 5.41) is 10.4. The van der Waals surface area contributed by atoms with Gasteiger partial charge in [0.15, 0.2) is 0 Å². The molecule has 120 valence electrons. The molecule has 0 aliphatic heterocycles. The predicted molar refractivity (Wildman–Crippen MR) is 77.3 cm³/mol. The van der Waals surface area contributed by atoms with Gasteiger partial charge in [0.05, 0.1) is 12.7 Å². The Balaban J connectivity index is 2.40. The van der Waals surface area contributed by atoms with Gasteiger partial charge in [-0.2, -0.15) is 13.2 Å². The Bertz CT molecular complexity index is 817. The van der Waals surface area contributed by atoms with Gasteiger partial charge in [-0.3, -0.25) is 0 Å². The zero-order valence-electron chi connectivity index (χ0n) is 11.7. The number of carbonyl (C=O) groups excluding carboxylic acids is 1.